The SMILES string of the molecule is CN=C(NCc1nnc2n1CCCC2)NCC(c1ccc(OC)cc1)N1CCOCC1.I. The number of ether oxygens (including phenoxy) is 2. The van der Waals surface area contributed by atoms with Crippen LogP contribution >= 0.6 is 24.0 Å². The molecule has 1 atom stereocenters. The van der Waals surface area contributed by atoms with Gasteiger partial charge in [-0.1, -0.05) is 12.1 Å². The van der Waals surface area contributed by atoms with Gasteiger partial charge in [0.05, 0.1) is 32.9 Å². The molecule has 32 heavy (non-hydrogen) atoms. The van der Waals surface area contributed by atoms with E-state index in [0.717, 1.165) is 69.2 Å². The molecule has 9 nitrogen and oxygen atoms in total. The Labute approximate surface area is 207 Å². The summed E-state index contributed by atoms with van der Waals surface area (Å²) in [6.45, 7) is 5.70. The second-order valence-electron chi connectivity index (χ2n) is 7.89. The summed E-state index contributed by atoms with van der Waals surface area (Å²) in [7, 11) is 3.49. The van der Waals surface area contributed by atoms with Crippen LogP contribution in [0.1, 0.15) is 36.1 Å². The molecule has 1 unspecified atom stereocenters. The van der Waals surface area contributed by atoms with Gasteiger partial charge in [-0.2, -0.15) is 0 Å². The standard InChI is InChI=1S/C22H33N7O2.HI/c1-23-22(25-16-21-27-26-20-5-3-4-10-29(20)21)24-15-19(28-11-13-31-14-12-28)17-6-8-18(30-2)9-7-17;/h6-9,19H,3-5,10-16H2,1-2H3,(H2,23,24,25);1H. The number of rotatable bonds is 7. The van der Waals surface area contributed by atoms with Crippen molar-refractivity contribution in [1.82, 2.24) is 30.3 Å². The number of nitrogens with zero attached hydrogens (tertiary/aromatic N) is 5. The highest BCUT2D eigenvalue weighted by molar-refractivity contribution is 14.0. The smallest absolute Gasteiger partial charge is 0.191 e. The average molecular weight is 555 g/mol. The molecule has 3 heterocycles. The zero-order chi connectivity index (χ0) is 21.5. The number of aromatic nitrogens is 3. The Hall–Kier alpha value is -1.92. The van der Waals surface area contributed by atoms with Gasteiger partial charge in [-0.15, -0.1) is 34.2 Å². The van der Waals surface area contributed by atoms with Crippen molar-refractivity contribution in [1.29, 1.82) is 0 Å². The molecule has 0 saturated carbocycles. The van der Waals surface area contributed by atoms with Crippen LogP contribution in [0.15, 0.2) is 29.3 Å². The second kappa shape index (κ2) is 12.4. The Morgan fingerprint density at radius 1 is 1.12 bits per heavy atom. The second-order valence-corrected chi connectivity index (χ2v) is 7.89. The van der Waals surface area contributed by atoms with E-state index in [-0.39, 0.29) is 30.0 Å². The molecule has 1 aromatic heterocycles. The van der Waals surface area contributed by atoms with E-state index in [1.165, 1.54) is 18.4 Å². The van der Waals surface area contributed by atoms with Crippen molar-refractivity contribution in [3.63, 3.8) is 0 Å². The summed E-state index contributed by atoms with van der Waals surface area (Å²) in [5.41, 5.74) is 1.25. The molecular formula is C22H34IN7O2. The van der Waals surface area contributed by atoms with Crippen LogP contribution in [0.25, 0.3) is 0 Å². The van der Waals surface area contributed by atoms with Crippen molar-refractivity contribution in [3.8, 4) is 5.75 Å². The van der Waals surface area contributed by atoms with Crippen molar-refractivity contribution >= 4 is 29.9 Å². The van der Waals surface area contributed by atoms with Crippen LogP contribution in [0.2, 0.25) is 0 Å². The third kappa shape index (κ3) is 6.10. The Morgan fingerprint density at radius 3 is 2.62 bits per heavy atom. The van der Waals surface area contributed by atoms with Crippen molar-refractivity contribution in [2.75, 3.05) is 47.0 Å². The number of halogens is 1. The Bertz CT molecular complexity index is 866. The van der Waals surface area contributed by atoms with E-state index < -0.39 is 0 Å². The molecule has 1 fully saturated rings. The van der Waals surface area contributed by atoms with Crippen LogP contribution in [0, 0.1) is 0 Å². The first kappa shape index (κ1) is 24.7. The number of guanidine groups is 1. The molecule has 2 aliphatic heterocycles. The monoisotopic (exact) mass is 555 g/mol. The Kier molecular flexibility index (Phi) is 9.54. The van der Waals surface area contributed by atoms with Crippen LogP contribution in [0.3, 0.4) is 0 Å². The minimum Gasteiger partial charge on any atom is -0.497 e. The van der Waals surface area contributed by atoms with Gasteiger partial charge in [-0.3, -0.25) is 9.89 Å². The number of fused-ring (bicyclic) bond motifs is 1. The number of methoxy groups -OCH3 is 1. The van der Waals surface area contributed by atoms with Crippen LogP contribution in [0.4, 0.5) is 0 Å². The van der Waals surface area contributed by atoms with Gasteiger partial charge >= 0.3 is 0 Å². The number of hydrogen-bond acceptors (Lipinski definition) is 6. The summed E-state index contributed by atoms with van der Waals surface area (Å²) < 4.78 is 13.1. The van der Waals surface area contributed by atoms with E-state index in [1.54, 1.807) is 14.2 Å². The fourth-order valence-corrected chi connectivity index (χ4v) is 4.25. The normalized spacial score (nSPS) is 17.8. The highest BCUT2D eigenvalue weighted by atomic mass is 127. The van der Waals surface area contributed by atoms with Gasteiger partial charge in [0.25, 0.3) is 0 Å². The van der Waals surface area contributed by atoms with E-state index >= 15 is 0 Å². The molecule has 2 aromatic rings. The van der Waals surface area contributed by atoms with Gasteiger partial charge in [0.2, 0.25) is 0 Å². The van der Waals surface area contributed by atoms with Crippen LogP contribution in [0.5, 0.6) is 5.75 Å². The predicted molar refractivity (Wildman–Crippen MR) is 135 cm³/mol. The number of hydrogen-bond donors (Lipinski definition) is 2. The summed E-state index contributed by atoms with van der Waals surface area (Å²) in [5.74, 6) is 3.70. The van der Waals surface area contributed by atoms with Crippen LogP contribution in [-0.4, -0.2) is 72.6 Å². The van der Waals surface area contributed by atoms with Gasteiger partial charge in [-0.25, -0.2) is 0 Å². The van der Waals surface area contributed by atoms with Crippen molar-refractivity contribution < 1.29 is 9.47 Å². The maximum atomic E-state index is 5.56. The van der Waals surface area contributed by atoms with E-state index in [2.05, 4.69) is 47.4 Å². The summed E-state index contributed by atoms with van der Waals surface area (Å²) in [6, 6.07) is 8.53. The molecule has 0 aliphatic carbocycles. The maximum absolute atomic E-state index is 5.56. The number of aliphatic imine (C=N–C) groups is 1. The van der Waals surface area contributed by atoms with E-state index in [4.69, 9.17) is 9.47 Å². The highest BCUT2D eigenvalue weighted by Gasteiger charge is 2.23. The topological polar surface area (TPSA) is 88.8 Å². The van der Waals surface area contributed by atoms with Gasteiger partial charge in [0, 0.05) is 39.6 Å². The first-order valence-electron chi connectivity index (χ1n) is 11.1. The fraction of sp³-hybridized carbons (Fsp3) is 0.591. The summed E-state index contributed by atoms with van der Waals surface area (Å²) in [6.07, 6.45) is 3.40. The third-order valence-electron chi connectivity index (χ3n) is 6.02. The van der Waals surface area contributed by atoms with Crippen molar-refractivity contribution in [2.45, 2.75) is 38.4 Å². The first-order valence-corrected chi connectivity index (χ1v) is 11.1. The first-order chi connectivity index (χ1) is 15.3. The quantitative estimate of drug-likeness (QED) is 0.307. The molecule has 0 bridgehead atoms. The third-order valence-corrected chi connectivity index (χ3v) is 6.02. The molecule has 4 rings (SSSR count). The fourth-order valence-electron chi connectivity index (χ4n) is 4.25. The zero-order valence-corrected chi connectivity index (χ0v) is 21.2. The number of nitrogens with one attached hydrogen (secondary N) is 2. The summed E-state index contributed by atoms with van der Waals surface area (Å²) in [5, 5.41) is 15.6. The van der Waals surface area contributed by atoms with E-state index in [0.29, 0.717) is 6.54 Å². The Balaban J connectivity index is 0.00000289. The largest absolute Gasteiger partial charge is 0.497 e. The van der Waals surface area contributed by atoms with Crippen LogP contribution in [-0.2, 0) is 24.2 Å². The van der Waals surface area contributed by atoms with Gasteiger partial charge < -0.3 is 24.7 Å². The van der Waals surface area contributed by atoms with Gasteiger partial charge in [-0.05, 0) is 30.5 Å². The molecule has 2 aliphatic rings. The summed E-state index contributed by atoms with van der Waals surface area (Å²) in [4.78, 5) is 6.87. The lowest BCUT2D eigenvalue weighted by Gasteiger charge is -2.35. The van der Waals surface area contributed by atoms with Gasteiger partial charge in [0.15, 0.2) is 11.8 Å². The van der Waals surface area contributed by atoms with Crippen molar-refractivity contribution in [3.05, 3.63) is 41.5 Å². The molecule has 0 amide bonds. The van der Waals surface area contributed by atoms with Gasteiger partial charge in [0.1, 0.15) is 11.6 Å². The van der Waals surface area contributed by atoms with Crippen molar-refractivity contribution in [2.24, 2.45) is 4.99 Å². The van der Waals surface area contributed by atoms with E-state index in [9.17, 15) is 0 Å². The minimum atomic E-state index is 0. The number of aryl methyl sites for hydroxylation is 1. The predicted octanol–water partition coefficient (Wildman–Crippen LogP) is 1.98. The van der Waals surface area contributed by atoms with E-state index in [1.807, 2.05) is 12.1 Å². The lowest BCUT2D eigenvalue weighted by Crippen LogP contribution is -2.46. The average Bonchev–Trinajstić information content (AvgIpc) is 3.25. The molecule has 176 valence electrons. The van der Waals surface area contributed by atoms with Crippen LogP contribution < -0.4 is 15.4 Å². The zero-order valence-electron chi connectivity index (χ0n) is 18.9. The molecular weight excluding hydrogens is 521 g/mol. The number of morpholine rings is 1. The molecule has 0 spiro atoms. The minimum absolute atomic E-state index is 0. The summed E-state index contributed by atoms with van der Waals surface area (Å²) >= 11 is 0. The Morgan fingerprint density at radius 2 is 1.91 bits per heavy atom. The lowest BCUT2D eigenvalue weighted by atomic mass is 10.0. The molecule has 10 heteroatoms. The lowest BCUT2D eigenvalue weighted by molar-refractivity contribution is 0.0170. The molecule has 1 saturated heterocycles. The highest BCUT2D eigenvalue weighted by Crippen LogP contribution is 2.23. The number of benzene rings is 1. The maximum Gasteiger partial charge on any atom is 0.191 e. The molecule has 1 aromatic carbocycles. The molecule has 0 radical (unpaired) electrons. The molecule has 2 N–H and O–H groups in total.